The summed E-state index contributed by atoms with van der Waals surface area (Å²) in [4.78, 5) is 33.5. The minimum atomic E-state index is -0.0342. The van der Waals surface area contributed by atoms with Crippen molar-refractivity contribution < 1.29 is 9.59 Å². The average molecular weight is 379 g/mol. The molecule has 1 saturated heterocycles. The first-order chi connectivity index (χ1) is 13.6. The van der Waals surface area contributed by atoms with E-state index < -0.39 is 0 Å². The van der Waals surface area contributed by atoms with Crippen molar-refractivity contribution >= 4 is 29.6 Å². The Hall–Kier alpha value is -3.22. The van der Waals surface area contributed by atoms with Gasteiger partial charge in [0, 0.05) is 43.0 Å². The summed E-state index contributed by atoms with van der Waals surface area (Å²) in [6.45, 7) is 6.91. The summed E-state index contributed by atoms with van der Waals surface area (Å²) in [5.41, 5.74) is 2.61. The van der Waals surface area contributed by atoms with Crippen LogP contribution in [0.15, 0.2) is 43.1 Å². The lowest BCUT2D eigenvalue weighted by atomic mass is 10.1. The molecule has 146 valence electrons. The number of hydrogen-bond acceptors (Lipinski definition) is 6. The maximum absolute atomic E-state index is 11.8. The van der Waals surface area contributed by atoms with Gasteiger partial charge in [-0.05, 0) is 37.5 Å². The molecule has 0 aliphatic carbocycles. The SMILES string of the molecule is C=CC(=O)Cc1ccccc1Nc1nc(N[C@H]2CCCN(C=O)C2)ncc1C. The molecule has 0 unspecified atom stereocenters. The number of carbonyl (C=O) groups excluding carboxylic acids is 2. The number of carbonyl (C=O) groups is 2. The summed E-state index contributed by atoms with van der Waals surface area (Å²) in [7, 11) is 0. The van der Waals surface area contributed by atoms with E-state index in [0.29, 0.717) is 18.3 Å². The van der Waals surface area contributed by atoms with Crippen molar-refractivity contribution in [3.8, 4) is 0 Å². The molecular weight excluding hydrogens is 354 g/mol. The topological polar surface area (TPSA) is 87.2 Å². The van der Waals surface area contributed by atoms with E-state index in [0.717, 1.165) is 42.6 Å². The highest BCUT2D eigenvalue weighted by Gasteiger charge is 2.19. The van der Waals surface area contributed by atoms with Crippen molar-refractivity contribution in [3.05, 3.63) is 54.2 Å². The summed E-state index contributed by atoms with van der Waals surface area (Å²) in [6.07, 6.45) is 6.19. The Balaban J connectivity index is 1.76. The summed E-state index contributed by atoms with van der Waals surface area (Å²) in [6, 6.07) is 7.78. The van der Waals surface area contributed by atoms with Crippen molar-refractivity contribution in [2.75, 3.05) is 23.7 Å². The van der Waals surface area contributed by atoms with Gasteiger partial charge in [0.2, 0.25) is 12.4 Å². The van der Waals surface area contributed by atoms with Crippen molar-refractivity contribution in [3.63, 3.8) is 0 Å². The number of allylic oxidation sites excluding steroid dienone is 1. The summed E-state index contributed by atoms with van der Waals surface area (Å²) >= 11 is 0. The van der Waals surface area contributed by atoms with E-state index in [2.05, 4.69) is 27.2 Å². The van der Waals surface area contributed by atoms with Crippen LogP contribution in [0.1, 0.15) is 24.0 Å². The first-order valence-electron chi connectivity index (χ1n) is 9.38. The molecule has 7 heteroatoms. The zero-order valence-electron chi connectivity index (χ0n) is 16.0. The van der Waals surface area contributed by atoms with Crippen molar-refractivity contribution in [2.24, 2.45) is 0 Å². The van der Waals surface area contributed by atoms with Crippen molar-refractivity contribution in [1.82, 2.24) is 14.9 Å². The number of benzene rings is 1. The van der Waals surface area contributed by atoms with Crippen LogP contribution < -0.4 is 10.6 Å². The monoisotopic (exact) mass is 379 g/mol. The van der Waals surface area contributed by atoms with Gasteiger partial charge in [-0.2, -0.15) is 4.98 Å². The maximum Gasteiger partial charge on any atom is 0.224 e. The number of rotatable bonds is 8. The molecule has 7 nitrogen and oxygen atoms in total. The first kappa shape index (κ1) is 19.5. The van der Waals surface area contributed by atoms with Crippen LogP contribution in [-0.2, 0) is 16.0 Å². The normalized spacial score (nSPS) is 16.3. The third-order valence-corrected chi connectivity index (χ3v) is 4.77. The number of para-hydroxylation sites is 1. The molecular formula is C21H25N5O2. The Morgan fingerprint density at radius 2 is 2.21 bits per heavy atom. The highest BCUT2D eigenvalue weighted by atomic mass is 16.1. The third kappa shape index (κ3) is 4.94. The number of amides is 1. The van der Waals surface area contributed by atoms with Gasteiger partial charge in [0.05, 0.1) is 0 Å². The number of nitrogens with zero attached hydrogens (tertiary/aromatic N) is 3. The number of aryl methyl sites for hydroxylation is 1. The van der Waals surface area contributed by atoms with Gasteiger partial charge >= 0.3 is 0 Å². The molecule has 0 bridgehead atoms. The molecule has 1 amide bonds. The van der Waals surface area contributed by atoms with Gasteiger partial charge < -0.3 is 15.5 Å². The molecule has 1 atom stereocenters. The Labute approximate surface area is 164 Å². The lowest BCUT2D eigenvalue weighted by Gasteiger charge is -2.30. The predicted octanol–water partition coefficient (Wildman–Crippen LogP) is 2.86. The van der Waals surface area contributed by atoms with Crippen LogP contribution in [0.3, 0.4) is 0 Å². The second-order valence-corrected chi connectivity index (χ2v) is 6.94. The van der Waals surface area contributed by atoms with Crippen LogP contribution in [0.5, 0.6) is 0 Å². The van der Waals surface area contributed by atoms with Gasteiger partial charge in [-0.15, -0.1) is 0 Å². The second kappa shape index (κ2) is 9.12. The van der Waals surface area contributed by atoms with Crippen molar-refractivity contribution in [2.45, 2.75) is 32.2 Å². The van der Waals surface area contributed by atoms with Crippen LogP contribution in [0.2, 0.25) is 0 Å². The van der Waals surface area contributed by atoms with Crippen LogP contribution in [0, 0.1) is 6.92 Å². The van der Waals surface area contributed by atoms with E-state index >= 15 is 0 Å². The van der Waals surface area contributed by atoms with E-state index in [4.69, 9.17) is 0 Å². The van der Waals surface area contributed by atoms with Gasteiger partial charge in [-0.1, -0.05) is 24.8 Å². The standard InChI is InChI=1S/C21H25N5O2/c1-3-18(28)11-16-7-4-5-9-19(16)24-20-15(2)12-22-21(25-20)23-17-8-6-10-26(13-17)14-27/h3-5,7,9,12,14,17H,1,6,8,10-11,13H2,2H3,(H2,22,23,24,25)/t17-/m0/s1. The zero-order valence-corrected chi connectivity index (χ0v) is 16.0. The quantitative estimate of drug-likeness (QED) is 0.542. The fourth-order valence-electron chi connectivity index (χ4n) is 3.22. The molecule has 28 heavy (non-hydrogen) atoms. The fraction of sp³-hybridized carbons (Fsp3) is 0.333. The van der Waals surface area contributed by atoms with Gasteiger partial charge in [-0.25, -0.2) is 4.98 Å². The van der Waals surface area contributed by atoms with Crippen LogP contribution >= 0.6 is 0 Å². The third-order valence-electron chi connectivity index (χ3n) is 4.77. The number of likely N-dealkylation sites (tertiary alicyclic amines) is 1. The number of anilines is 3. The molecule has 0 spiro atoms. The zero-order chi connectivity index (χ0) is 19.9. The fourth-order valence-corrected chi connectivity index (χ4v) is 3.22. The number of nitrogens with one attached hydrogen (secondary N) is 2. The molecule has 1 aromatic heterocycles. The Bertz CT molecular complexity index is 868. The summed E-state index contributed by atoms with van der Waals surface area (Å²) < 4.78 is 0. The van der Waals surface area contributed by atoms with Crippen LogP contribution in [-0.4, -0.2) is 46.2 Å². The van der Waals surface area contributed by atoms with Gasteiger partial charge in [-0.3, -0.25) is 9.59 Å². The van der Waals surface area contributed by atoms with E-state index in [9.17, 15) is 9.59 Å². The first-order valence-corrected chi connectivity index (χ1v) is 9.38. The van der Waals surface area contributed by atoms with Crippen LogP contribution in [0.25, 0.3) is 0 Å². The smallest absolute Gasteiger partial charge is 0.224 e. The predicted molar refractivity (Wildman–Crippen MR) is 110 cm³/mol. The molecule has 2 aromatic rings. The lowest BCUT2D eigenvalue weighted by molar-refractivity contribution is -0.119. The average Bonchev–Trinajstić information content (AvgIpc) is 2.72. The highest BCUT2D eigenvalue weighted by molar-refractivity contribution is 5.92. The molecule has 1 aromatic carbocycles. The Kier molecular flexibility index (Phi) is 6.37. The molecule has 3 rings (SSSR count). The largest absolute Gasteiger partial charge is 0.350 e. The molecule has 1 fully saturated rings. The Morgan fingerprint density at radius 3 is 3.00 bits per heavy atom. The van der Waals surface area contributed by atoms with E-state index in [1.807, 2.05) is 31.2 Å². The number of piperidine rings is 1. The second-order valence-electron chi connectivity index (χ2n) is 6.94. The van der Waals surface area contributed by atoms with Crippen LogP contribution in [0.4, 0.5) is 17.5 Å². The molecule has 2 N–H and O–H groups in total. The van der Waals surface area contributed by atoms with E-state index in [1.54, 1.807) is 11.1 Å². The molecule has 1 aliphatic rings. The summed E-state index contributed by atoms with van der Waals surface area (Å²) in [5, 5.41) is 6.65. The molecule has 0 saturated carbocycles. The van der Waals surface area contributed by atoms with Gasteiger partial charge in [0.1, 0.15) is 5.82 Å². The lowest BCUT2D eigenvalue weighted by Crippen LogP contribution is -2.41. The number of ketones is 1. The summed E-state index contributed by atoms with van der Waals surface area (Å²) in [5.74, 6) is 1.16. The Morgan fingerprint density at radius 1 is 1.39 bits per heavy atom. The van der Waals surface area contributed by atoms with E-state index in [1.165, 1.54) is 6.08 Å². The van der Waals surface area contributed by atoms with Gasteiger partial charge in [0.15, 0.2) is 5.78 Å². The molecule has 0 radical (unpaired) electrons. The van der Waals surface area contributed by atoms with E-state index in [-0.39, 0.29) is 18.2 Å². The minimum absolute atomic E-state index is 0.0342. The van der Waals surface area contributed by atoms with Crippen molar-refractivity contribution in [1.29, 1.82) is 0 Å². The molecule has 2 heterocycles. The van der Waals surface area contributed by atoms with Gasteiger partial charge in [0.25, 0.3) is 0 Å². The number of aromatic nitrogens is 2. The molecule has 1 aliphatic heterocycles. The highest BCUT2D eigenvalue weighted by Crippen LogP contribution is 2.24. The minimum Gasteiger partial charge on any atom is -0.350 e. The maximum atomic E-state index is 11.8. The number of hydrogen-bond donors (Lipinski definition) is 2.